The molecule has 0 saturated heterocycles. The summed E-state index contributed by atoms with van der Waals surface area (Å²) in [5, 5.41) is 5.61. The highest BCUT2D eigenvalue weighted by molar-refractivity contribution is 7.98. The molecule has 4 nitrogen and oxygen atoms in total. The Labute approximate surface area is 135 Å². The number of hydrogen-bond acceptors (Lipinski definition) is 3. The van der Waals surface area contributed by atoms with Gasteiger partial charge in [-0.05, 0) is 62.6 Å². The number of thioether (sulfide) groups is 1. The normalized spacial score (nSPS) is 10.4. The number of nitrogens with one attached hydrogen (secondary N) is 2. The summed E-state index contributed by atoms with van der Waals surface area (Å²) in [6.45, 7) is 3.95. The number of benzene rings is 2. The van der Waals surface area contributed by atoms with E-state index in [0.717, 1.165) is 22.0 Å². The predicted molar refractivity (Wildman–Crippen MR) is 93.1 cm³/mol. The van der Waals surface area contributed by atoms with Crippen molar-refractivity contribution in [1.82, 2.24) is 0 Å². The highest BCUT2D eigenvalue weighted by atomic mass is 32.2. The molecule has 116 valence electrons. The Kier molecular flexibility index (Phi) is 5.72. The van der Waals surface area contributed by atoms with Gasteiger partial charge in [0.15, 0.2) is 0 Å². The molecule has 2 amide bonds. The lowest BCUT2D eigenvalue weighted by atomic mass is 10.3. The summed E-state index contributed by atoms with van der Waals surface area (Å²) in [6.07, 6.45) is 2.13. The van der Waals surface area contributed by atoms with Gasteiger partial charge in [-0.2, -0.15) is 0 Å². The van der Waals surface area contributed by atoms with Gasteiger partial charge in [-0.1, -0.05) is 6.07 Å². The van der Waals surface area contributed by atoms with Gasteiger partial charge >= 0.3 is 6.03 Å². The van der Waals surface area contributed by atoms with E-state index in [9.17, 15) is 4.79 Å². The minimum Gasteiger partial charge on any atom is -0.491 e. The van der Waals surface area contributed by atoms with E-state index in [2.05, 4.69) is 10.6 Å². The number of urea groups is 1. The summed E-state index contributed by atoms with van der Waals surface area (Å²) in [5.74, 6) is 0.786. The van der Waals surface area contributed by atoms with Crippen molar-refractivity contribution in [1.29, 1.82) is 0 Å². The fourth-order valence-electron chi connectivity index (χ4n) is 1.88. The van der Waals surface area contributed by atoms with Crippen molar-refractivity contribution < 1.29 is 9.53 Å². The van der Waals surface area contributed by atoms with Gasteiger partial charge in [0, 0.05) is 16.3 Å². The highest BCUT2D eigenvalue weighted by Gasteiger charge is 2.04. The van der Waals surface area contributed by atoms with Crippen LogP contribution in [-0.4, -0.2) is 18.4 Å². The maximum Gasteiger partial charge on any atom is 0.323 e. The first kappa shape index (κ1) is 16.2. The van der Waals surface area contributed by atoms with Gasteiger partial charge in [-0.25, -0.2) is 4.79 Å². The van der Waals surface area contributed by atoms with Crippen LogP contribution < -0.4 is 15.4 Å². The van der Waals surface area contributed by atoms with Crippen molar-refractivity contribution >= 4 is 29.2 Å². The number of carbonyl (C=O) groups excluding carboxylic acids is 1. The number of hydrogen-bond donors (Lipinski definition) is 2. The maximum atomic E-state index is 12.0. The van der Waals surface area contributed by atoms with Crippen molar-refractivity contribution in [2.24, 2.45) is 0 Å². The Morgan fingerprint density at radius 2 is 1.73 bits per heavy atom. The molecule has 0 fully saturated rings. The molecule has 0 saturated carbocycles. The van der Waals surface area contributed by atoms with E-state index in [-0.39, 0.29) is 12.1 Å². The second kappa shape index (κ2) is 7.75. The summed E-state index contributed by atoms with van der Waals surface area (Å²) >= 11 is 1.63. The van der Waals surface area contributed by atoms with Gasteiger partial charge < -0.3 is 15.4 Å². The van der Waals surface area contributed by atoms with E-state index < -0.39 is 0 Å². The zero-order valence-corrected chi connectivity index (χ0v) is 13.7. The highest BCUT2D eigenvalue weighted by Crippen LogP contribution is 2.20. The van der Waals surface area contributed by atoms with Crippen LogP contribution in [0.3, 0.4) is 0 Å². The number of anilines is 2. The third-order valence-electron chi connectivity index (χ3n) is 2.81. The van der Waals surface area contributed by atoms with Crippen LogP contribution in [0, 0.1) is 0 Å². The molecule has 2 N–H and O–H groups in total. The first-order valence-corrected chi connectivity index (χ1v) is 8.28. The zero-order chi connectivity index (χ0) is 15.9. The fraction of sp³-hybridized carbons (Fsp3) is 0.235. The first-order chi connectivity index (χ1) is 10.6. The summed E-state index contributed by atoms with van der Waals surface area (Å²) in [5.41, 5.74) is 1.48. The van der Waals surface area contributed by atoms with E-state index in [1.54, 1.807) is 11.8 Å². The standard InChI is InChI=1S/C17H20N2O2S/c1-12(2)21-15-9-7-13(8-10-15)18-17(20)19-14-5-4-6-16(11-14)22-3/h4-12H,1-3H3,(H2,18,19,20). The van der Waals surface area contributed by atoms with Gasteiger partial charge in [-0.3, -0.25) is 0 Å². The average molecular weight is 316 g/mol. The molecular weight excluding hydrogens is 296 g/mol. The summed E-state index contributed by atoms with van der Waals surface area (Å²) in [4.78, 5) is 13.1. The van der Waals surface area contributed by atoms with E-state index in [0.29, 0.717) is 0 Å². The Balaban J connectivity index is 1.93. The Hall–Kier alpha value is -2.14. The largest absolute Gasteiger partial charge is 0.491 e. The van der Waals surface area contributed by atoms with Crippen molar-refractivity contribution in [2.75, 3.05) is 16.9 Å². The SMILES string of the molecule is CSc1cccc(NC(=O)Nc2ccc(OC(C)C)cc2)c1. The summed E-state index contributed by atoms with van der Waals surface area (Å²) in [7, 11) is 0. The molecule has 0 heterocycles. The average Bonchev–Trinajstić information content (AvgIpc) is 2.49. The molecule has 0 aliphatic heterocycles. The second-order valence-corrected chi connectivity index (χ2v) is 5.88. The van der Waals surface area contributed by atoms with Gasteiger partial charge in [0.2, 0.25) is 0 Å². The molecule has 0 spiro atoms. The lowest BCUT2D eigenvalue weighted by Gasteiger charge is -2.11. The number of amides is 2. The van der Waals surface area contributed by atoms with E-state index in [1.807, 2.05) is 68.6 Å². The molecule has 0 bridgehead atoms. The minimum absolute atomic E-state index is 0.130. The molecule has 0 radical (unpaired) electrons. The van der Waals surface area contributed by atoms with Crippen molar-refractivity contribution in [3.05, 3.63) is 48.5 Å². The maximum absolute atomic E-state index is 12.0. The van der Waals surface area contributed by atoms with Crippen LogP contribution in [-0.2, 0) is 0 Å². The third-order valence-corrected chi connectivity index (χ3v) is 3.54. The van der Waals surface area contributed by atoms with Crippen molar-refractivity contribution in [2.45, 2.75) is 24.8 Å². The summed E-state index contributed by atoms with van der Waals surface area (Å²) in [6, 6.07) is 14.7. The molecule has 0 aliphatic rings. The molecular formula is C17H20N2O2S. The molecule has 2 aromatic carbocycles. The molecule has 0 aromatic heterocycles. The minimum atomic E-state index is -0.268. The second-order valence-electron chi connectivity index (χ2n) is 5.00. The molecule has 22 heavy (non-hydrogen) atoms. The van der Waals surface area contributed by atoms with E-state index >= 15 is 0 Å². The lowest BCUT2D eigenvalue weighted by Crippen LogP contribution is -2.19. The summed E-state index contributed by atoms with van der Waals surface area (Å²) < 4.78 is 5.56. The van der Waals surface area contributed by atoms with Crippen molar-refractivity contribution in [3.8, 4) is 5.75 Å². The Morgan fingerprint density at radius 3 is 2.36 bits per heavy atom. The van der Waals surface area contributed by atoms with Crippen molar-refractivity contribution in [3.63, 3.8) is 0 Å². The van der Waals surface area contributed by atoms with Gasteiger partial charge in [0.25, 0.3) is 0 Å². The third kappa shape index (κ3) is 5.00. The monoisotopic (exact) mass is 316 g/mol. The van der Waals surface area contributed by atoms with Crippen LogP contribution in [0.4, 0.5) is 16.2 Å². The quantitative estimate of drug-likeness (QED) is 0.776. The topological polar surface area (TPSA) is 50.4 Å². The van der Waals surface area contributed by atoms with Crippen LogP contribution in [0.25, 0.3) is 0 Å². The van der Waals surface area contributed by atoms with Crippen LogP contribution in [0.1, 0.15) is 13.8 Å². The van der Waals surface area contributed by atoms with Crippen LogP contribution in [0.5, 0.6) is 5.75 Å². The predicted octanol–water partition coefficient (Wildman–Crippen LogP) is 4.84. The molecule has 2 rings (SSSR count). The van der Waals surface area contributed by atoms with Gasteiger partial charge in [0.05, 0.1) is 6.10 Å². The van der Waals surface area contributed by atoms with Gasteiger partial charge in [-0.15, -0.1) is 11.8 Å². The van der Waals surface area contributed by atoms with Gasteiger partial charge in [0.1, 0.15) is 5.75 Å². The van der Waals surface area contributed by atoms with E-state index in [4.69, 9.17) is 4.74 Å². The Morgan fingerprint density at radius 1 is 1.05 bits per heavy atom. The first-order valence-electron chi connectivity index (χ1n) is 7.05. The number of rotatable bonds is 5. The number of ether oxygens (including phenoxy) is 1. The van der Waals surface area contributed by atoms with Crippen LogP contribution in [0.15, 0.2) is 53.4 Å². The van der Waals surface area contributed by atoms with Crippen LogP contribution >= 0.6 is 11.8 Å². The molecule has 0 atom stereocenters. The molecule has 2 aromatic rings. The molecule has 5 heteroatoms. The van der Waals surface area contributed by atoms with E-state index in [1.165, 1.54) is 0 Å². The lowest BCUT2D eigenvalue weighted by molar-refractivity contribution is 0.242. The smallest absolute Gasteiger partial charge is 0.323 e. The number of carbonyl (C=O) groups is 1. The fourth-order valence-corrected chi connectivity index (χ4v) is 2.34. The Bertz CT molecular complexity index is 627. The molecule has 0 aliphatic carbocycles. The van der Waals surface area contributed by atoms with Crippen LogP contribution in [0.2, 0.25) is 0 Å². The zero-order valence-electron chi connectivity index (χ0n) is 12.9. The molecule has 0 unspecified atom stereocenters.